The fourth-order valence-electron chi connectivity index (χ4n) is 2.15. The summed E-state index contributed by atoms with van der Waals surface area (Å²) in [5.41, 5.74) is 2.13. The van der Waals surface area contributed by atoms with Crippen LogP contribution in [0.4, 0.5) is 11.4 Å². The Balaban J connectivity index is 2.24. The molecular formula is C17H22N2O3S. The minimum absolute atomic E-state index is 0.0746. The Labute approximate surface area is 137 Å². The fraction of sp³-hybridized carbons (Fsp3) is 0.294. The van der Waals surface area contributed by atoms with Gasteiger partial charge in [0, 0.05) is 25.8 Å². The van der Waals surface area contributed by atoms with E-state index in [-0.39, 0.29) is 5.75 Å². The number of anilines is 2. The summed E-state index contributed by atoms with van der Waals surface area (Å²) in [6.45, 7) is 2.33. The Morgan fingerprint density at radius 2 is 1.78 bits per heavy atom. The molecule has 1 N–H and O–H groups in total. The molecular weight excluding hydrogens is 312 g/mol. The van der Waals surface area contributed by atoms with E-state index in [0.29, 0.717) is 18.0 Å². The molecule has 0 bridgehead atoms. The van der Waals surface area contributed by atoms with Gasteiger partial charge in [0.1, 0.15) is 5.75 Å². The second-order valence-corrected chi connectivity index (χ2v) is 7.08. The molecule has 2 aromatic carbocycles. The van der Waals surface area contributed by atoms with E-state index in [1.54, 1.807) is 18.2 Å². The van der Waals surface area contributed by atoms with Crippen molar-refractivity contribution in [1.82, 2.24) is 0 Å². The third-order valence-electron chi connectivity index (χ3n) is 3.25. The van der Waals surface area contributed by atoms with E-state index >= 15 is 0 Å². The van der Waals surface area contributed by atoms with E-state index in [9.17, 15) is 8.42 Å². The topological polar surface area (TPSA) is 58.6 Å². The van der Waals surface area contributed by atoms with Gasteiger partial charge in [-0.25, -0.2) is 8.42 Å². The molecule has 0 saturated heterocycles. The minimum Gasteiger partial charge on any atom is -0.492 e. The van der Waals surface area contributed by atoms with Gasteiger partial charge in [0.15, 0.2) is 0 Å². The second-order valence-electron chi connectivity index (χ2n) is 5.35. The summed E-state index contributed by atoms with van der Waals surface area (Å²) in [6, 6.07) is 14.5. The summed E-state index contributed by atoms with van der Waals surface area (Å²) in [5.74, 6) is 0.449. The third kappa shape index (κ3) is 4.89. The van der Waals surface area contributed by atoms with Gasteiger partial charge in [-0.1, -0.05) is 30.3 Å². The molecule has 5 nitrogen and oxygen atoms in total. The van der Waals surface area contributed by atoms with E-state index in [1.807, 2.05) is 56.3 Å². The molecule has 6 heteroatoms. The molecule has 2 aromatic rings. The normalized spacial score (nSPS) is 11.1. The molecule has 0 aromatic heterocycles. The fourth-order valence-corrected chi connectivity index (χ4v) is 3.35. The summed E-state index contributed by atoms with van der Waals surface area (Å²) in [6.07, 6.45) is 0. The maximum Gasteiger partial charge on any atom is 0.237 e. The molecule has 0 aliphatic heterocycles. The van der Waals surface area contributed by atoms with Crippen molar-refractivity contribution in [3.8, 4) is 5.75 Å². The maximum atomic E-state index is 12.4. The van der Waals surface area contributed by atoms with Gasteiger partial charge in [-0.15, -0.1) is 0 Å². The highest BCUT2D eigenvalue weighted by atomic mass is 32.2. The van der Waals surface area contributed by atoms with Gasteiger partial charge in [0.25, 0.3) is 0 Å². The second kappa shape index (κ2) is 7.37. The number of benzene rings is 2. The van der Waals surface area contributed by atoms with Crippen molar-refractivity contribution in [1.29, 1.82) is 0 Å². The zero-order valence-corrected chi connectivity index (χ0v) is 14.4. The molecule has 0 saturated carbocycles. The lowest BCUT2D eigenvalue weighted by Gasteiger charge is -2.17. The Morgan fingerprint density at radius 1 is 1.09 bits per heavy atom. The molecule has 0 amide bonds. The lowest BCUT2D eigenvalue weighted by atomic mass is 10.2. The number of sulfonamides is 1. The number of rotatable bonds is 7. The van der Waals surface area contributed by atoms with Crippen LogP contribution in [0.15, 0.2) is 48.5 Å². The van der Waals surface area contributed by atoms with E-state index in [2.05, 4.69) is 4.72 Å². The van der Waals surface area contributed by atoms with Crippen molar-refractivity contribution < 1.29 is 13.2 Å². The van der Waals surface area contributed by atoms with Crippen LogP contribution in [-0.2, 0) is 15.8 Å². The Bertz CT molecular complexity index is 744. The first-order valence-corrected chi connectivity index (χ1v) is 9.05. The molecule has 0 aliphatic carbocycles. The lowest BCUT2D eigenvalue weighted by molar-refractivity contribution is 0.342. The standard InChI is InChI=1S/C17H22N2O3S/c1-4-22-17-12-15(19(2)3)10-11-16(17)18-23(20,21)13-14-8-6-5-7-9-14/h5-12,18H,4,13H2,1-3H3. The van der Waals surface area contributed by atoms with E-state index in [1.165, 1.54) is 0 Å². The van der Waals surface area contributed by atoms with Crippen LogP contribution in [0, 0.1) is 0 Å². The maximum absolute atomic E-state index is 12.4. The number of hydrogen-bond donors (Lipinski definition) is 1. The van der Waals surface area contributed by atoms with Crippen molar-refractivity contribution in [2.24, 2.45) is 0 Å². The first-order chi connectivity index (χ1) is 10.9. The van der Waals surface area contributed by atoms with Gasteiger partial charge >= 0.3 is 0 Å². The van der Waals surface area contributed by atoms with Crippen LogP contribution in [-0.4, -0.2) is 29.1 Å². The van der Waals surface area contributed by atoms with Gasteiger partial charge in [-0.3, -0.25) is 4.72 Å². The summed E-state index contributed by atoms with van der Waals surface area (Å²) in [5, 5.41) is 0. The largest absolute Gasteiger partial charge is 0.492 e. The van der Waals surface area contributed by atoms with Crippen LogP contribution in [0.25, 0.3) is 0 Å². The third-order valence-corrected chi connectivity index (χ3v) is 4.49. The summed E-state index contributed by atoms with van der Waals surface area (Å²) in [4.78, 5) is 1.94. The van der Waals surface area contributed by atoms with Crippen LogP contribution in [0.3, 0.4) is 0 Å². The average molecular weight is 334 g/mol. The van der Waals surface area contributed by atoms with Gasteiger partial charge in [-0.2, -0.15) is 0 Å². The summed E-state index contributed by atoms with van der Waals surface area (Å²) < 4.78 is 32.9. The van der Waals surface area contributed by atoms with Crippen molar-refractivity contribution in [3.05, 3.63) is 54.1 Å². The molecule has 2 rings (SSSR count). The smallest absolute Gasteiger partial charge is 0.237 e. The highest BCUT2D eigenvalue weighted by Gasteiger charge is 2.15. The van der Waals surface area contributed by atoms with Crippen LogP contribution in [0.2, 0.25) is 0 Å². The monoisotopic (exact) mass is 334 g/mol. The Morgan fingerprint density at radius 3 is 2.39 bits per heavy atom. The van der Waals surface area contributed by atoms with Crippen LogP contribution >= 0.6 is 0 Å². The van der Waals surface area contributed by atoms with Gasteiger partial charge in [0.2, 0.25) is 10.0 Å². The minimum atomic E-state index is -3.51. The Kier molecular flexibility index (Phi) is 5.50. The predicted molar refractivity (Wildman–Crippen MR) is 94.6 cm³/mol. The van der Waals surface area contributed by atoms with Crippen molar-refractivity contribution >= 4 is 21.4 Å². The van der Waals surface area contributed by atoms with E-state index < -0.39 is 10.0 Å². The van der Waals surface area contributed by atoms with Gasteiger partial charge in [-0.05, 0) is 24.6 Å². The molecule has 0 heterocycles. The zero-order chi connectivity index (χ0) is 16.9. The van der Waals surface area contributed by atoms with Crippen molar-refractivity contribution in [2.45, 2.75) is 12.7 Å². The SMILES string of the molecule is CCOc1cc(N(C)C)ccc1NS(=O)(=O)Cc1ccccc1. The number of ether oxygens (including phenoxy) is 1. The first kappa shape index (κ1) is 17.1. The van der Waals surface area contributed by atoms with Crippen molar-refractivity contribution in [2.75, 3.05) is 30.3 Å². The van der Waals surface area contributed by atoms with Crippen LogP contribution in [0.5, 0.6) is 5.75 Å². The highest BCUT2D eigenvalue weighted by molar-refractivity contribution is 7.91. The van der Waals surface area contributed by atoms with Gasteiger partial charge < -0.3 is 9.64 Å². The first-order valence-electron chi connectivity index (χ1n) is 7.40. The molecule has 0 atom stereocenters. The highest BCUT2D eigenvalue weighted by Crippen LogP contribution is 2.30. The van der Waals surface area contributed by atoms with Crippen molar-refractivity contribution in [3.63, 3.8) is 0 Å². The molecule has 0 aliphatic rings. The summed E-state index contributed by atoms with van der Waals surface area (Å²) >= 11 is 0. The molecule has 0 unspecified atom stereocenters. The van der Waals surface area contributed by atoms with Crippen LogP contribution < -0.4 is 14.4 Å². The van der Waals surface area contributed by atoms with Gasteiger partial charge in [0.05, 0.1) is 18.0 Å². The average Bonchev–Trinajstić information content (AvgIpc) is 2.49. The van der Waals surface area contributed by atoms with Crippen LogP contribution in [0.1, 0.15) is 12.5 Å². The molecule has 23 heavy (non-hydrogen) atoms. The predicted octanol–water partition coefficient (Wildman–Crippen LogP) is 3.09. The lowest BCUT2D eigenvalue weighted by Crippen LogP contribution is -2.16. The molecule has 0 radical (unpaired) electrons. The quantitative estimate of drug-likeness (QED) is 0.845. The summed E-state index contributed by atoms with van der Waals surface area (Å²) in [7, 11) is 0.337. The Hall–Kier alpha value is -2.21. The number of nitrogens with one attached hydrogen (secondary N) is 1. The molecule has 0 fully saturated rings. The number of nitrogens with zero attached hydrogens (tertiary/aromatic N) is 1. The van der Waals surface area contributed by atoms with E-state index in [0.717, 1.165) is 11.3 Å². The molecule has 0 spiro atoms. The van der Waals surface area contributed by atoms with E-state index in [4.69, 9.17) is 4.74 Å². The number of hydrogen-bond acceptors (Lipinski definition) is 4. The zero-order valence-electron chi connectivity index (χ0n) is 13.6. The molecule has 124 valence electrons.